The molecule has 1 aliphatic rings. The van der Waals surface area contributed by atoms with Crippen LogP contribution in [0.15, 0.2) is 10.7 Å². The third-order valence-electron chi connectivity index (χ3n) is 3.49. The summed E-state index contributed by atoms with van der Waals surface area (Å²) in [7, 11) is 1.95. The van der Waals surface area contributed by atoms with Crippen LogP contribution >= 0.6 is 15.9 Å². The standard InChI is InChI=1S/C10H16BrN3/c1-3-10(4-5-10)9(12)8-7(11)6-13-14(8)2/h6,9H,3-5,12H2,1-2H3. The molecule has 0 aliphatic heterocycles. The maximum Gasteiger partial charge on any atom is 0.0695 e. The van der Waals surface area contributed by atoms with Crippen LogP contribution in [0.4, 0.5) is 0 Å². The van der Waals surface area contributed by atoms with Crippen LogP contribution in [0.25, 0.3) is 0 Å². The molecule has 3 nitrogen and oxygen atoms in total. The first-order valence-corrected chi connectivity index (χ1v) is 5.83. The second kappa shape index (κ2) is 3.35. The zero-order valence-corrected chi connectivity index (χ0v) is 10.2. The Bertz CT molecular complexity index is 322. The molecule has 4 heteroatoms. The van der Waals surface area contributed by atoms with E-state index in [2.05, 4.69) is 28.0 Å². The van der Waals surface area contributed by atoms with Crippen molar-refractivity contribution in [3.63, 3.8) is 0 Å². The van der Waals surface area contributed by atoms with Gasteiger partial charge in [0.15, 0.2) is 0 Å². The smallest absolute Gasteiger partial charge is 0.0695 e. The number of halogens is 1. The summed E-state index contributed by atoms with van der Waals surface area (Å²) >= 11 is 3.50. The van der Waals surface area contributed by atoms with Crippen LogP contribution in [0, 0.1) is 5.41 Å². The molecule has 1 aliphatic carbocycles. The maximum atomic E-state index is 6.30. The van der Waals surface area contributed by atoms with Crippen LogP contribution < -0.4 is 5.73 Å². The fraction of sp³-hybridized carbons (Fsp3) is 0.700. The highest BCUT2D eigenvalue weighted by atomic mass is 79.9. The van der Waals surface area contributed by atoms with Crippen molar-refractivity contribution in [2.45, 2.75) is 32.2 Å². The fourth-order valence-corrected chi connectivity index (χ4v) is 2.70. The highest BCUT2D eigenvalue weighted by Crippen LogP contribution is 2.56. The van der Waals surface area contributed by atoms with E-state index in [1.807, 2.05) is 17.9 Å². The average Bonchev–Trinajstić information content (AvgIpc) is 2.89. The molecular weight excluding hydrogens is 242 g/mol. The van der Waals surface area contributed by atoms with Gasteiger partial charge >= 0.3 is 0 Å². The molecule has 1 heterocycles. The number of aryl methyl sites for hydroxylation is 1. The van der Waals surface area contributed by atoms with E-state index in [1.165, 1.54) is 12.8 Å². The lowest BCUT2D eigenvalue weighted by Gasteiger charge is -2.22. The zero-order chi connectivity index (χ0) is 10.3. The average molecular weight is 258 g/mol. The maximum absolute atomic E-state index is 6.30. The van der Waals surface area contributed by atoms with Crippen molar-refractivity contribution in [3.8, 4) is 0 Å². The number of aromatic nitrogens is 2. The normalized spacial score (nSPS) is 20.9. The summed E-state index contributed by atoms with van der Waals surface area (Å²) in [5.41, 5.74) is 7.77. The molecule has 0 radical (unpaired) electrons. The van der Waals surface area contributed by atoms with Gasteiger partial charge in [-0.15, -0.1) is 0 Å². The van der Waals surface area contributed by atoms with Crippen molar-refractivity contribution in [2.75, 3.05) is 0 Å². The van der Waals surface area contributed by atoms with Gasteiger partial charge in [0.05, 0.1) is 22.4 Å². The van der Waals surface area contributed by atoms with E-state index in [1.54, 1.807) is 0 Å². The summed E-state index contributed by atoms with van der Waals surface area (Å²) in [5.74, 6) is 0. The van der Waals surface area contributed by atoms with Gasteiger partial charge in [0.25, 0.3) is 0 Å². The summed E-state index contributed by atoms with van der Waals surface area (Å²) in [5, 5.41) is 4.20. The van der Waals surface area contributed by atoms with Crippen LogP contribution in [0.3, 0.4) is 0 Å². The Labute approximate surface area is 92.8 Å². The van der Waals surface area contributed by atoms with Crippen molar-refractivity contribution < 1.29 is 0 Å². The largest absolute Gasteiger partial charge is 0.322 e. The summed E-state index contributed by atoms with van der Waals surface area (Å²) in [6.07, 6.45) is 5.48. The van der Waals surface area contributed by atoms with Crippen molar-refractivity contribution >= 4 is 15.9 Å². The van der Waals surface area contributed by atoms with Crippen molar-refractivity contribution in [1.29, 1.82) is 0 Å². The third-order valence-corrected chi connectivity index (χ3v) is 4.10. The number of nitrogens with two attached hydrogens (primary N) is 1. The van der Waals surface area contributed by atoms with Gasteiger partial charge in [-0.1, -0.05) is 6.92 Å². The molecule has 0 saturated heterocycles. The summed E-state index contributed by atoms with van der Waals surface area (Å²) < 4.78 is 2.91. The van der Waals surface area contributed by atoms with E-state index >= 15 is 0 Å². The van der Waals surface area contributed by atoms with Gasteiger partial charge in [-0.05, 0) is 40.6 Å². The predicted molar refractivity (Wildman–Crippen MR) is 59.8 cm³/mol. The summed E-state index contributed by atoms with van der Waals surface area (Å²) in [4.78, 5) is 0. The minimum Gasteiger partial charge on any atom is -0.322 e. The number of hydrogen-bond acceptors (Lipinski definition) is 2. The molecule has 0 amide bonds. The molecule has 0 bridgehead atoms. The monoisotopic (exact) mass is 257 g/mol. The van der Waals surface area contributed by atoms with Gasteiger partial charge < -0.3 is 5.73 Å². The lowest BCUT2D eigenvalue weighted by Crippen LogP contribution is -2.25. The molecule has 0 spiro atoms. The first kappa shape index (κ1) is 10.2. The van der Waals surface area contributed by atoms with Crippen LogP contribution in [0.1, 0.15) is 37.9 Å². The molecule has 2 N–H and O–H groups in total. The van der Waals surface area contributed by atoms with Crippen LogP contribution in [0.2, 0.25) is 0 Å². The SMILES string of the molecule is CCC1(C(N)c2c(Br)cnn2C)CC1. The summed E-state index contributed by atoms with van der Waals surface area (Å²) in [6, 6.07) is 0.120. The molecule has 1 atom stereocenters. The lowest BCUT2D eigenvalue weighted by atomic mass is 9.92. The molecule has 14 heavy (non-hydrogen) atoms. The van der Waals surface area contributed by atoms with E-state index in [0.717, 1.165) is 16.6 Å². The van der Waals surface area contributed by atoms with Gasteiger partial charge in [0.2, 0.25) is 0 Å². The third kappa shape index (κ3) is 1.41. The van der Waals surface area contributed by atoms with E-state index in [4.69, 9.17) is 5.73 Å². The van der Waals surface area contributed by atoms with E-state index < -0.39 is 0 Å². The molecule has 1 unspecified atom stereocenters. The Hall–Kier alpha value is -0.350. The van der Waals surface area contributed by atoms with Crippen LogP contribution in [0.5, 0.6) is 0 Å². The Morgan fingerprint density at radius 2 is 2.36 bits per heavy atom. The second-order valence-corrected chi connectivity index (χ2v) is 5.05. The van der Waals surface area contributed by atoms with Crippen molar-refractivity contribution in [1.82, 2.24) is 9.78 Å². The van der Waals surface area contributed by atoms with E-state index in [0.29, 0.717) is 5.41 Å². The van der Waals surface area contributed by atoms with E-state index in [9.17, 15) is 0 Å². The zero-order valence-electron chi connectivity index (χ0n) is 8.63. The topological polar surface area (TPSA) is 43.8 Å². The number of rotatable bonds is 3. The second-order valence-electron chi connectivity index (χ2n) is 4.19. The van der Waals surface area contributed by atoms with Crippen LogP contribution in [-0.4, -0.2) is 9.78 Å². The highest BCUT2D eigenvalue weighted by molar-refractivity contribution is 9.10. The van der Waals surface area contributed by atoms with Crippen molar-refractivity contribution in [3.05, 3.63) is 16.4 Å². The molecule has 78 valence electrons. The Balaban J connectivity index is 2.31. The van der Waals surface area contributed by atoms with Gasteiger partial charge in [0.1, 0.15) is 0 Å². The molecule has 1 aromatic heterocycles. The first-order valence-electron chi connectivity index (χ1n) is 5.04. The quantitative estimate of drug-likeness (QED) is 0.904. The van der Waals surface area contributed by atoms with Gasteiger partial charge in [-0.2, -0.15) is 5.10 Å². The fourth-order valence-electron chi connectivity index (χ4n) is 2.11. The van der Waals surface area contributed by atoms with Crippen molar-refractivity contribution in [2.24, 2.45) is 18.2 Å². The van der Waals surface area contributed by atoms with Crippen LogP contribution in [-0.2, 0) is 7.05 Å². The predicted octanol–water partition coefficient (Wildman–Crippen LogP) is 2.37. The molecule has 1 fully saturated rings. The summed E-state index contributed by atoms with van der Waals surface area (Å²) in [6.45, 7) is 2.22. The molecular formula is C10H16BrN3. The molecule has 1 aromatic rings. The Morgan fingerprint density at radius 3 is 2.71 bits per heavy atom. The Morgan fingerprint density at radius 1 is 1.71 bits per heavy atom. The first-order chi connectivity index (χ1) is 6.60. The van der Waals surface area contributed by atoms with Gasteiger partial charge in [-0.3, -0.25) is 4.68 Å². The van der Waals surface area contributed by atoms with E-state index in [-0.39, 0.29) is 6.04 Å². The number of hydrogen-bond donors (Lipinski definition) is 1. The molecule has 0 aromatic carbocycles. The highest BCUT2D eigenvalue weighted by Gasteiger charge is 2.48. The molecule has 2 rings (SSSR count). The number of nitrogens with zero attached hydrogens (tertiary/aromatic N) is 2. The van der Waals surface area contributed by atoms with Gasteiger partial charge in [0, 0.05) is 7.05 Å². The minimum absolute atomic E-state index is 0.120. The Kier molecular flexibility index (Phi) is 2.43. The lowest BCUT2D eigenvalue weighted by molar-refractivity contribution is 0.375. The molecule has 1 saturated carbocycles. The van der Waals surface area contributed by atoms with Gasteiger partial charge in [-0.25, -0.2) is 0 Å². The minimum atomic E-state index is 0.120.